The van der Waals surface area contributed by atoms with Gasteiger partial charge < -0.3 is 10.5 Å². The molecular weight excluding hydrogens is 386 g/mol. The van der Waals surface area contributed by atoms with Crippen molar-refractivity contribution in [2.75, 3.05) is 11.4 Å². The first-order chi connectivity index (χ1) is 13.1. The predicted octanol–water partition coefficient (Wildman–Crippen LogP) is 1.25. The number of para-hydroxylation sites is 1. The van der Waals surface area contributed by atoms with Gasteiger partial charge in [-0.05, 0) is 43.3 Å². The number of anilines is 1. The number of imide groups is 1. The summed E-state index contributed by atoms with van der Waals surface area (Å²) in [5.41, 5.74) is 5.35. The van der Waals surface area contributed by atoms with Gasteiger partial charge in [0.2, 0.25) is 0 Å². The Bertz CT molecular complexity index is 974. The van der Waals surface area contributed by atoms with E-state index in [4.69, 9.17) is 10.5 Å². The van der Waals surface area contributed by atoms with E-state index in [0.717, 1.165) is 4.31 Å². The molecule has 0 bridgehead atoms. The molecular formula is C18H19N3O6S. The summed E-state index contributed by atoms with van der Waals surface area (Å²) in [4.78, 5) is 34.3. The minimum absolute atomic E-state index is 0.0186. The van der Waals surface area contributed by atoms with Crippen LogP contribution in [0, 0.1) is 0 Å². The third-order valence-electron chi connectivity index (χ3n) is 3.77. The highest BCUT2D eigenvalue weighted by atomic mass is 32.2. The number of ether oxygens (including phenoxy) is 1. The van der Waals surface area contributed by atoms with Gasteiger partial charge in [-0.3, -0.25) is 14.4 Å². The second-order valence-corrected chi connectivity index (χ2v) is 7.70. The molecule has 0 spiro atoms. The topological polar surface area (TPSA) is 136 Å². The highest BCUT2D eigenvalue weighted by Crippen LogP contribution is 2.22. The first-order valence-corrected chi connectivity index (χ1v) is 9.52. The van der Waals surface area contributed by atoms with Gasteiger partial charge in [0.15, 0.2) is 6.10 Å². The van der Waals surface area contributed by atoms with E-state index in [1.807, 2.05) is 0 Å². The third-order valence-corrected chi connectivity index (χ3v) is 5.57. The number of sulfonamides is 1. The molecule has 0 aliphatic rings. The number of nitrogens with two attached hydrogens (primary N) is 1. The van der Waals surface area contributed by atoms with Crippen LogP contribution >= 0.6 is 0 Å². The average Bonchev–Trinajstić information content (AvgIpc) is 2.67. The maximum atomic E-state index is 12.7. The number of urea groups is 1. The Morgan fingerprint density at radius 1 is 1.04 bits per heavy atom. The molecule has 148 valence electrons. The smallest absolute Gasteiger partial charge is 0.338 e. The first-order valence-electron chi connectivity index (χ1n) is 8.08. The molecule has 3 amide bonds. The van der Waals surface area contributed by atoms with E-state index in [-0.39, 0.29) is 10.5 Å². The van der Waals surface area contributed by atoms with Crippen molar-refractivity contribution >= 4 is 33.6 Å². The zero-order valence-corrected chi connectivity index (χ0v) is 16.0. The number of nitrogens with one attached hydrogen (secondary N) is 1. The van der Waals surface area contributed by atoms with Crippen molar-refractivity contribution in [3.63, 3.8) is 0 Å². The van der Waals surface area contributed by atoms with Crippen LogP contribution in [0.5, 0.6) is 0 Å². The lowest BCUT2D eigenvalue weighted by atomic mass is 10.2. The van der Waals surface area contributed by atoms with Crippen molar-refractivity contribution < 1.29 is 27.5 Å². The lowest BCUT2D eigenvalue weighted by Gasteiger charge is -2.19. The van der Waals surface area contributed by atoms with E-state index in [1.54, 1.807) is 35.6 Å². The maximum absolute atomic E-state index is 12.7. The Balaban J connectivity index is 2.13. The Morgan fingerprint density at radius 3 is 2.14 bits per heavy atom. The fourth-order valence-electron chi connectivity index (χ4n) is 2.20. The molecule has 3 N–H and O–H groups in total. The molecule has 1 atom stereocenters. The molecule has 0 saturated carbocycles. The lowest BCUT2D eigenvalue weighted by molar-refractivity contribution is -0.127. The summed E-state index contributed by atoms with van der Waals surface area (Å²) in [6.45, 7) is 1.27. The Hall–Kier alpha value is -3.40. The zero-order valence-electron chi connectivity index (χ0n) is 15.2. The molecule has 0 aliphatic carbocycles. The van der Waals surface area contributed by atoms with Crippen LogP contribution in [0.25, 0.3) is 0 Å². The SMILES string of the molecule is C[C@@H](OC(=O)c1ccc(S(=O)(=O)N(C)c2ccccc2)cc1)C(=O)NC(N)=O. The summed E-state index contributed by atoms with van der Waals surface area (Å²) >= 11 is 0. The summed E-state index contributed by atoms with van der Waals surface area (Å²) in [6.07, 6.45) is -1.26. The van der Waals surface area contributed by atoms with Gasteiger partial charge in [0.05, 0.1) is 16.1 Å². The normalized spacial score (nSPS) is 11.9. The molecule has 2 aromatic carbocycles. The van der Waals surface area contributed by atoms with Gasteiger partial charge in [-0.2, -0.15) is 0 Å². The molecule has 0 fully saturated rings. The van der Waals surface area contributed by atoms with Crippen LogP contribution in [-0.2, 0) is 19.6 Å². The minimum Gasteiger partial charge on any atom is -0.449 e. The molecule has 10 heteroatoms. The summed E-state index contributed by atoms with van der Waals surface area (Å²) in [7, 11) is -2.40. The number of rotatable bonds is 6. The van der Waals surface area contributed by atoms with E-state index < -0.39 is 34.0 Å². The molecule has 0 aliphatic heterocycles. The van der Waals surface area contributed by atoms with Crippen LogP contribution < -0.4 is 15.4 Å². The fraction of sp³-hybridized carbons (Fsp3) is 0.167. The van der Waals surface area contributed by atoms with Crippen molar-refractivity contribution in [3.8, 4) is 0 Å². The number of esters is 1. The van der Waals surface area contributed by atoms with Gasteiger partial charge in [-0.1, -0.05) is 18.2 Å². The van der Waals surface area contributed by atoms with Crippen molar-refractivity contribution in [1.82, 2.24) is 5.32 Å². The summed E-state index contributed by atoms with van der Waals surface area (Å²) in [6, 6.07) is 12.5. The molecule has 2 aromatic rings. The molecule has 9 nitrogen and oxygen atoms in total. The van der Waals surface area contributed by atoms with E-state index in [1.165, 1.54) is 38.2 Å². The van der Waals surface area contributed by atoms with Gasteiger partial charge >= 0.3 is 12.0 Å². The number of carbonyl (C=O) groups is 3. The number of carbonyl (C=O) groups excluding carboxylic acids is 3. The van der Waals surface area contributed by atoms with Crippen LogP contribution in [-0.4, -0.2) is 39.5 Å². The standard InChI is InChI=1S/C18H19N3O6S/c1-12(16(22)20-18(19)24)27-17(23)13-8-10-15(11-9-13)28(25,26)21(2)14-6-4-3-5-7-14/h3-12H,1-2H3,(H3,19,20,22,24)/t12-/m1/s1. The van der Waals surface area contributed by atoms with E-state index in [2.05, 4.69) is 0 Å². The summed E-state index contributed by atoms with van der Waals surface area (Å²) in [5.74, 6) is -1.72. The van der Waals surface area contributed by atoms with Crippen molar-refractivity contribution in [1.29, 1.82) is 0 Å². The summed E-state index contributed by atoms with van der Waals surface area (Å²) < 4.78 is 31.4. The second-order valence-electron chi connectivity index (χ2n) is 5.73. The van der Waals surface area contributed by atoms with E-state index in [0.29, 0.717) is 5.69 Å². The molecule has 0 radical (unpaired) electrons. The summed E-state index contributed by atoms with van der Waals surface area (Å²) in [5, 5.41) is 1.79. The largest absolute Gasteiger partial charge is 0.449 e. The minimum atomic E-state index is -3.82. The molecule has 0 unspecified atom stereocenters. The molecule has 0 aromatic heterocycles. The van der Waals surface area contributed by atoms with E-state index >= 15 is 0 Å². The predicted molar refractivity (Wildman–Crippen MR) is 101 cm³/mol. The van der Waals surface area contributed by atoms with Gasteiger partial charge in [0, 0.05) is 7.05 Å². The lowest BCUT2D eigenvalue weighted by Crippen LogP contribution is -2.42. The molecule has 0 heterocycles. The van der Waals surface area contributed by atoms with Crippen molar-refractivity contribution in [3.05, 3.63) is 60.2 Å². The first kappa shape index (κ1) is 20.9. The molecule has 28 heavy (non-hydrogen) atoms. The number of benzene rings is 2. The fourth-order valence-corrected chi connectivity index (χ4v) is 3.40. The number of amides is 3. The Kier molecular flexibility index (Phi) is 6.37. The number of hydrogen-bond donors (Lipinski definition) is 2. The number of hydrogen-bond acceptors (Lipinski definition) is 6. The van der Waals surface area contributed by atoms with Gasteiger partial charge in [0.1, 0.15) is 0 Å². The van der Waals surface area contributed by atoms with Crippen LogP contribution in [0.1, 0.15) is 17.3 Å². The highest BCUT2D eigenvalue weighted by Gasteiger charge is 2.23. The van der Waals surface area contributed by atoms with Crippen molar-refractivity contribution in [2.24, 2.45) is 5.73 Å². The van der Waals surface area contributed by atoms with Gasteiger partial charge in [-0.15, -0.1) is 0 Å². The second kappa shape index (κ2) is 8.53. The van der Waals surface area contributed by atoms with Crippen LogP contribution in [0.15, 0.2) is 59.5 Å². The zero-order chi connectivity index (χ0) is 20.9. The monoisotopic (exact) mass is 405 g/mol. The van der Waals surface area contributed by atoms with Crippen LogP contribution in [0.3, 0.4) is 0 Å². The Labute approximate surface area is 162 Å². The molecule has 2 rings (SSSR count). The van der Waals surface area contributed by atoms with Gasteiger partial charge in [-0.25, -0.2) is 18.0 Å². The highest BCUT2D eigenvalue weighted by molar-refractivity contribution is 7.92. The Morgan fingerprint density at radius 2 is 1.61 bits per heavy atom. The number of nitrogens with zero attached hydrogens (tertiary/aromatic N) is 1. The maximum Gasteiger partial charge on any atom is 0.338 e. The third kappa shape index (κ3) is 4.86. The van der Waals surface area contributed by atoms with Crippen molar-refractivity contribution in [2.45, 2.75) is 17.9 Å². The quantitative estimate of drug-likeness (QED) is 0.694. The van der Waals surface area contributed by atoms with E-state index in [9.17, 15) is 22.8 Å². The van der Waals surface area contributed by atoms with Crippen LogP contribution in [0.2, 0.25) is 0 Å². The average molecular weight is 405 g/mol. The number of primary amides is 1. The van der Waals surface area contributed by atoms with Gasteiger partial charge in [0.25, 0.3) is 15.9 Å². The molecule has 0 saturated heterocycles. The van der Waals surface area contributed by atoms with Crippen LogP contribution in [0.4, 0.5) is 10.5 Å².